The molecule has 1 saturated carbocycles. The second kappa shape index (κ2) is 6.30. The number of carbonyl (C=O) groups excluding carboxylic acids is 1. The number of nitrogens with one attached hydrogen (secondary N) is 1. The number of ketones is 1. The number of nitrogens with zero attached hydrogens (tertiary/aromatic N) is 2. The number of aliphatic imine (C=N–C) groups is 1. The van der Waals surface area contributed by atoms with Crippen molar-refractivity contribution in [2.24, 2.45) is 16.3 Å². The van der Waals surface area contributed by atoms with Crippen molar-refractivity contribution in [2.75, 3.05) is 5.32 Å². The molecular weight excluding hydrogens is 342 g/mol. The number of hydrogen-bond acceptors (Lipinski definition) is 5. The lowest BCUT2D eigenvalue weighted by atomic mass is 9.68. The van der Waals surface area contributed by atoms with Gasteiger partial charge in [-0.05, 0) is 29.5 Å². The fourth-order valence-corrected chi connectivity index (χ4v) is 4.10. The first kappa shape index (κ1) is 17.4. The van der Waals surface area contributed by atoms with E-state index in [0.717, 1.165) is 29.1 Å². The monoisotopic (exact) mass is 363 g/mol. The molecule has 1 aliphatic heterocycles. The molecule has 0 radical (unpaired) electrons. The van der Waals surface area contributed by atoms with Gasteiger partial charge in [-0.2, -0.15) is 0 Å². The summed E-state index contributed by atoms with van der Waals surface area (Å²) in [6.45, 7) is 4.18. The topological polar surface area (TPSA) is 84.6 Å². The van der Waals surface area contributed by atoms with E-state index < -0.39 is 4.92 Å². The highest BCUT2D eigenvalue weighted by atomic mass is 16.6. The second-order valence-electron chi connectivity index (χ2n) is 8.05. The molecule has 2 aromatic carbocycles. The Morgan fingerprint density at radius 3 is 2.52 bits per heavy atom. The summed E-state index contributed by atoms with van der Waals surface area (Å²) >= 11 is 0. The van der Waals surface area contributed by atoms with Crippen LogP contribution in [-0.4, -0.2) is 16.4 Å². The fourth-order valence-electron chi connectivity index (χ4n) is 4.10. The molecule has 0 bridgehead atoms. The largest absolute Gasteiger partial charge is 0.375 e. The van der Waals surface area contributed by atoms with E-state index >= 15 is 0 Å². The van der Waals surface area contributed by atoms with Gasteiger partial charge in [0.2, 0.25) is 0 Å². The molecule has 2 aromatic rings. The summed E-state index contributed by atoms with van der Waals surface area (Å²) in [5, 5.41) is 14.5. The van der Waals surface area contributed by atoms with Gasteiger partial charge in [0.05, 0.1) is 28.3 Å². The van der Waals surface area contributed by atoms with Crippen LogP contribution in [0.3, 0.4) is 0 Å². The van der Waals surface area contributed by atoms with Crippen LogP contribution in [0.1, 0.15) is 38.3 Å². The minimum absolute atomic E-state index is 0.0396. The Kier molecular flexibility index (Phi) is 4.06. The van der Waals surface area contributed by atoms with Gasteiger partial charge in [0.15, 0.2) is 0 Å². The zero-order valence-electron chi connectivity index (χ0n) is 15.3. The van der Waals surface area contributed by atoms with Crippen molar-refractivity contribution in [1.29, 1.82) is 0 Å². The number of carbonyl (C=O) groups is 1. The van der Waals surface area contributed by atoms with Gasteiger partial charge >= 0.3 is 0 Å². The molecule has 1 aliphatic carbocycles. The molecule has 2 atom stereocenters. The lowest BCUT2D eigenvalue weighted by molar-refractivity contribution is -0.384. The Morgan fingerprint density at radius 1 is 1.11 bits per heavy atom. The van der Waals surface area contributed by atoms with Crippen LogP contribution in [0.5, 0.6) is 0 Å². The van der Waals surface area contributed by atoms with E-state index in [1.165, 1.54) is 12.1 Å². The van der Waals surface area contributed by atoms with Crippen molar-refractivity contribution in [2.45, 2.75) is 32.7 Å². The molecule has 1 N–H and O–H groups in total. The number of non-ortho nitro benzene ring substituents is 1. The lowest BCUT2D eigenvalue weighted by Crippen LogP contribution is -2.42. The van der Waals surface area contributed by atoms with Crippen LogP contribution in [0.2, 0.25) is 0 Å². The number of fused-ring (bicyclic) bond motifs is 2. The minimum Gasteiger partial charge on any atom is -0.375 e. The summed E-state index contributed by atoms with van der Waals surface area (Å²) in [5.74, 6) is -0.208. The van der Waals surface area contributed by atoms with Gasteiger partial charge in [-0.15, -0.1) is 0 Å². The van der Waals surface area contributed by atoms with Crippen molar-refractivity contribution in [3.8, 4) is 0 Å². The van der Waals surface area contributed by atoms with E-state index in [0.29, 0.717) is 6.42 Å². The minimum atomic E-state index is -0.416. The number of anilines is 1. The van der Waals surface area contributed by atoms with Gasteiger partial charge in [-0.25, -0.2) is 0 Å². The van der Waals surface area contributed by atoms with Gasteiger partial charge in [-0.1, -0.05) is 38.1 Å². The molecule has 0 aromatic heterocycles. The highest BCUT2D eigenvalue weighted by molar-refractivity contribution is 6.10. The Labute approximate surface area is 157 Å². The number of para-hydroxylation sites is 2. The van der Waals surface area contributed by atoms with Crippen LogP contribution in [0, 0.1) is 21.4 Å². The van der Waals surface area contributed by atoms with E-state index in [2.05, 4.69) is 19.2 Å². The van der Waals surface area contributed by atoms with Gasteiger partial charge in [0.25, 0.3) is 5.69 Å². The highest BCUT2D eigenvalue weighted by Gasteiger charge is 2.43. The third-order valence-electron chi connectivity index (χ3n) is 5.29. The van der Waals surface area contributed by atoms with Crippen LogP contribution in [0.15, 0.2) is 53.5 Å². The molecule has 0 unspecified atom stereocenters. The molecule has 0 amide bonds. The standard InChI is InChI=1S/C21H21N3O3/c1-21(2)11-17-19(18(25)12-21)20(13-7-9-14(10-8-13)24(26)27)23-16-6-4-3-5-15(16)22-17/h3-10,19-20,23H,11-12H2,1-2H3/t19-,20-/m1/s1. The number of benzene rings is 2. The summed E-state index contributed by atoms with van der Waals surface area (Å²) in [4.78, 5) is 28.5. The predicted molar refractivity (Wildman–Crippen MR) is 105 cm³/mol. The first-order chi connectivity index (χ1) is 12.8. The number of Topliss-reactive ketones (excluding diaryl/α,β-unsaturated/α-hetero) is 1. The normalized spacial score (nSPS) is 23.3. The summed E-state index contributed by atoms with van der Waals surface area (Å²) in [6, 6.07) is 13.9. The Bertz CT molecular complexity index is 947. The average Bonchev–Trinajstić information content (AvgIpc) is 2.77. The Morgan fingerprint density at radius 2 is 1.81 bits per heavy atom. The number of hydrogen-bond donors (Lipinski definition) is 1. The van der Waals surface area contributed by atoms with E-state index in [-0.39, 0.29) is 28.8 Å². The van der Waals surface area contributed by atoms with Gasteiger partial charge < -0.3 is 5.32 Å². The third kappa shape index (κ3) is 3.23. The molecule has 6 nitrogen and oxygen atoms in total. The maximum Gasteiger partial charge on any atom is 0.269 e. The lowest BCUT2D eigenvalue weighted by Gasteiger charge is -2.37. The molecule has 138 valence electrons. The third-order valence-corrected chi connectivity index (χ3v) is 5.29. The maximum atomic E-state index is 13.1. The molecule has 1 heterocycles. The Balaban J connectivity index is 1.82. The van der Waals surface area contributed by atoms with Crippen LogP contribution in [0.25, 0.3) is 0 Å². The van der Waals surface area contributed by atoms with Crippen LogP contribution in [0.4, 0.5) is 17.1 Å². The van der Waals surface area contributed by atoms with Crippen molar-refractivity contribution in [3.63, 3.8) is 0 Å². The quantitative estimate of drug-likeness (QED) is 0.611. The zero-order valence-corrected chi connectivity index (χ0v) is 15.3. The molecule has 27 heavy (non-hydrogen) atoms. The zero-order chi connectivity index (χ0) is 19.2. The smallest absolute Gasteiger partial charge is 0.269 e. The van der Waals surface area contributed by atoms with E-state index in [1.807, 2.05) is 24.3 Å². The molecule has 6 heteroatoms. The number of rotatable bonds is 2. The van der Waals surface area contributed by atoms with Crippen molar-refractivity contribution >= 4 is 28.6 Å². The van der Waals surface area contributed by atoms with Crippen LogP contribution in [-0.2, 0) is 4.79 Å². The number of nitro groups is 1. The first-order valence-corrected chi connectivity index (χ1v) is 9.04. The highest BCUT2D eigenvalue weighted by Crippen LogP contribution is 2.45. The van der Waals surface area contributed by atoms with E-state index in [9.17, 15) is 14.9 Å². The molecule has 0 spiro atoms. The molecular formula is C21H21N3O3. The predicted octanol–water partition coefficient (Wildman–Crippen LogP) is 4.84. The van der Waals surface area contributed by atoms with Gasteiger partial charge in [-0.3, -0.25) is 19.9 Å². The fraction of sp³-hybridized carbons (Fsp3) is 0.333. The maximum absolute atomic E-state index is 13.1. The van der Waals surface area contributed by atoms with Crippen LogP contribution < -0.4 is 5.32 Å². The van der Waals surface area contributed by atoms with E-state index in [1.54, 1.807) is 12.1 Å². The summed E-state index contributed by atoms with van der Waals surface area (Å²) in [5.41, 5.74) is 3.35. The van der Waals surface area contributed by atoms with Crippen molar-refractivity contribution in [1.82, 2.24) is 0 Å². The van der Waals surface area contributed by atoms with E-state index in [4.69, 9.17) is 4.99 Å². The van der Waals surface area contributed by atoms with Gasteiger partial charge in [0.1, 0.15) is 5.78 Å². The summed E-state index contributed by atoms with van der Waals surface area (Å²) in [6.07, 6.45) is 1.25. The molecule has 4 rings (SSSR count). The second-order valence-corrected chi connectivity index (χ2v) is 8.05. The van der Waals surface area contributed by atoms with Crippen LogP contribution >= 0.6 is 0 Å². The average molecular weight is 363 g/mol. The molecule has 2 aliphatic rings. The SMILES string of the molecule is CC1(C)CC(=O)[C@H]2C(=Nc3ccccc3N[C@@H]2c2ccc([N+](=O)[O-])cc2)C1. The first-order valence-electron chi connectivity index (χ1n) is 9.04. The van der Waals surface area contributed by atoms with Gasteiger partial charge in [0, 0.05) is 24.3 Å². The van der Waals surface area contributed by atoms with Crippen molar-refractivity contribution in [3.05, 3.63) is 64.2 Å². The van der Waals surface area contributed by atoms with Crippen molar-refractivity contribution < 1.29 is 9.72 Å². The molecule has 0 saturated heterocycles. The summed E-state index contributed by atoms with van der Waals surface area (Å²) < 4.78 is 0. The summed E-state index contributed by atoms with van der Waals surface area (Å²) in [7, 11) is 0. The Hall–Kier alpha value is -3.02. The number of nitro benzene ring substituents is 1. The molecule has 1 fully saturated rings.